The normalized spacial score (nSPS) is 12.9. The largest absolute Gasteiger partial charge is 0.337 e. The Morgan fingerprint density at radius 3 is 2.40 bits per heavy atom. The molecule has 0 radical (unpaired) electrons. The van der Waals surface area contributed by atoms with Gasteiger partial charge in [-0.3, -0.25) is 9.59 Å². The summed E-state index contributed by atoms with van der Waals surface area (Å²) < 4.78 is 13.2. The Bertz CT molecular complexity index is 1060. The van der Waals surface area contributed by atoms with Crippen LogP contribution in [-0.4, -0.2) is 30.3 Å². The van der Waals surface area contributed by atoms with Crippen LogP contribution in [0.2, 0.25) is 0 Å². The van der Waals surface area contributed by atoms with E-state index in [1.807, 2.05) is 42.5 Å². The van der Waals surface area contributed by atoms with Gasteiger partial charge in [0.05, 0.1) is 0 Å². The summed E-state index contributed by atoms with van der Waals surface area (Å²) in [6.07, 6.45) is 1.63. The molecule has 0 spiro atoms. The maximum atomic E-state index is 13.2. The summed E-state index contributed by atoms with van der Waals surface area (Å²) in [6.45, 7) is 1.14. The number of nitrogens with zero attached hydrogens (tertiary/aromatic N) is 2. The lowest BCUT2D eigenvalue weighted by atomic mass is 9.98. The van der Waals surface area contributed by atoms with E-state index in [0.717, 1.165) is 29.7 Å². The molecule has 0 saturated heterocycles. The van der Waals surface area contributed by atoms with Crippen molar-refractivity contribution in [1.82, 2.24) is 4.90 Å². The van der Waals surface area contributed by atoms with Crippen molar-refractivity contribution in [3.8, 4) is 0 Å². The van der Waals surface area contributed by atoms with Crippen molar-refractivity contribution in [1.29, 1.82) is 0 Å². The minimum Gasteiger partial charge on any atom is -0.337 e. The Kier molecular flexibility index (Phi) is 5.61. The summed E-state index contributed by atoms with van der Waals surface area (Å²) in [5.74, 6) is -0.576. The van der Waals surface area contributed by atoms with Crippen LogP contribution >= 0.6 is 0 Å². The van der Waals surface area contributed by atoms with E-state index >= 15 is 0 Å². The average Bonchev–Trinajstić information content (AvgIpc) is 2.78. The third-order valence-electron chi connectivity index (χ3n) is 5.39. The van der Waals surface area contributed by atoms with E-state index in [-0.39, 0.29) is 17.6 Å². The summed E-state index contributed by atoms with van der Waals surface area (Å²) in [5, 5.41) is 0. The fourth-order valence-corrected chi connectivity index (χ4v) is 3.84. The number of hydrogen-bond acceptors (Lipinski definition) is 2. The van der Waals surface area contributed by atoms with Crippen LogP contribution in [0, 0.1) is 5.82 Å². The molecule has 3 aromatic rings. The molecule has 0 N–H and O–H groups in total. The van der Waals surface area contributed by atoms with E-state index in [2.05, 4.69) is 0 Å². The molecule has 4 rings (SSSR count). The van der Waals surface area contributed by atoms with Gasteiger partial charge in [0.1, 0.15) is 5.82 Å². The molecule has 4 nitrogen and oxygen atoms in total. The summed E-state index contributed by atoms with van der Waals surface area (Å²) >= 11 is 0. The third kappa shape index (κ3) is 4.10. The first-order valence-electron chi connectivity index (χ1n) is 10.0. The van der Waals surface area contributed by atoms with Gasteiger partial charge in [0.15, 0.2) is 0 Å². The number of benzene rings is 3. The second-order valence-electron chi connectivity index (χ2n) is 7.56. The van der Waals surface area contributed by atoms with E-state index < -0.39 is 0 Å². The highest BCUT2D eigenvalue weighted by Crippen LogP contribution is 2.30. The summed E-state index contributed by atoms with van der Waals surface area (Å²) in [6, 6.07) is 21.0. The Morgan fingerprint density at radius 2 is 1.67 bits per heavy atom. The zero-order valence-corrected chi connectivity index (χ0v) is 16.8. The second-order valence-corrected chi connectivity index (χ2v) is 7.56. The first-order valence-corrected chi connectivity index (χ1v) is 10.0. The van der Waals surface area contributed by atoms with E-state index in [0.29, 0.717) is 24.2 Å². The molecular weight excluding hydrogens is 379 g/mol. The van der Waals surface area contributed by atoms with Crippen LogP contribution in [0.3, 0.4) is 0 Å². The Morgan fingerprint density at radius 1 is 0.967 bits per heavy atom. The summed E-state index contributed by atoms with van der Waals surface area (Å²) in [4.78, 5) is 29.3. The number of halogens is 1. The lowest BCUT2D eigenvalue weighted by Gasteiger charge is -2.30. The minimum atomic E-state index is -0.367. The SMILES string of the molecule is CN(Cc1ccccc1)C(=O)c1ccc2c(c1)CCCN2C(=O)c1ccc(F)cc1. The van der Waals surface area contributed by atoms with E-state index in [9.17, 15) is 14.0 Å². The van der Waals surface area contributed by atoms with Crippen LogP contribution in [0.1, 0.15) is 38.3 Å². The van der Waals surface area contributed by atoms with Crippen LogP contribution in [-0.2, 0) is 13.0 Å². The molecule has 1 heterocycles. The summed E-state index contributed by atoms with van der Waals surface area (Å²) in [7, 11) is 1.79. The smallest absolute Gasteiger partial charge is 0.258 e. The molecule has 0 saturated carbocycles. The number of carbonyl (C=O) groups excluding carboxylic acids is 2. The number of carbonyl (C=O) groups is 2. The molecule has 3 aromatic carbocycles. The van der Waals surface area contributed by atoms with Gasteiger partial charge in [-0.15, -0.1) is 0 Å². The van der Waals surface area contributed by atoms with Gasteiger partial charge in [0.2, 0.25) is 0 Å². The molecule has 0 atom stereocenters. The molecule has 5 heteroatoms. The predicted molar refractivity (Wildman–Crippen MR) is 115 cm³/mol. The zero-order valence-electron chi connectivity index (χ0n) is 16.8. The molecule has 1 aliphatic rings. The lowest BCUT2D eigenvalue weighted by Crippen LogP contribution is -2.35. The van der Waals surface area contributed by atoms with E-state index in [4.69, 9.17) is 0 Å². The second kappa shape index (κ2) is 8.49. The molecular formula is C25H23FN2O2. The van der Waals surface area contributed by atoms with E-state index in [1.54, 1.807) is 22.9 Å². The Labute approximate surface area is 175 Å². The number of aryl methyl sites for hydroxylation is 1. The number of rotatable bonds is 4. The maximum absolute atomic E-state index is 13.2. The van der Waals surface area contributed by atoms with Gasteiger partial charge in [0.25, 0.3) is 11.8 Å². The topological polar surface area (TPSA) is 40.6 Å². The standard InChI is InChI=1S/C25H23FN2O2/c1-27(17-18-6-3-2-4-7-18)24(29)21-11-14-23-20(16-21)8-5-15-28(23)25(30)19-9-12-22(26)13-10-19/h2-4,6-7,9-14,16H,5,8,15,17H2,1H3. The van der Waals surface area contributed by atoms with Gasteiger partial charge in [-0.25, -0.2) is 4.39 Å². The monoisotopic (exact) mass is 402 g/mol. The summed E-state index contributed by atoms with van der Waals surface area (Å²) in [5.41, 5.74) is 3.94. The molecule has 1 aliphatic heterocycles. The van der Waals surface area contributed by atoms with Gasteiger partial charge >= 0.3 is 0 Å². The van der Waals surface area contributed by atoms with Crippen molar-refractivity contribution in [2.75, 3.05) is 18.5 Å². The van der Waals surface area contributed by atoms with Crippen molar-refractivity contribution in [2.24, 2.45) is 0 Å². The molecule has 0 aliphatic carbocycles. The third-order valence-corrected chi connectivity index (χ3v) is 5.39. The first-order chi connectivity index (χ1) is 14.5. The minimum absolute atomic E-state index is 0.0522. The van der Waals surface area contributed by atoms with Crippen molar-refractivity contribution < 1.29 is 14.0 Å². The van der Waals surface area contributed by atoms with Crippen LogP contribution in [0.4, 0.5) is 10.1 Å². The van der Waals surface area contributed by atoms with Gasteiger partial charge in [-0.05, 0) is 66.4 Å². The highest BCUT2D eigenvalue weighted by atomic mass is 19.1. The van der Waals surface area contributed by atoms with Crippen LogP contribution < -0.4 is 4.90 Å². The molecule has 152 valence electrons. The van der Waals surface area contributed by atoms with Crippen molar-refractivity contribution in [2.45, 2.75) is 19.4 Å². The fraction of sp³-hybridized carbons (Fsp3) is 0.200. The number of anilines is 1. The number of amides is 2. The van der Waals surface area contributed by atoms with Gasteiger partial charge in [-0.1, -0.05) is 30.3 Å². The van der Waals surface area contributed by atoms with Crippen molar-refractivity contribution in [3.05, 3.63) is 101 Å². The Hall–Kier alpha value is -3.47. The van der Waals surface area contributed by atoms with Crippen LogP contribution in [0.25, 0.3) is 0 Å². The van der Waals surface area contributed by atoms with Gasteiger partial charge in [0, 0.05) is 37.0 Å². The highest BCUT2D eigenvalue weighted by molar-refractivity contribution is 6.07. The fourth-order valence-electron chi connectivity index (χ4n) is 3.84. The quantitative estimate of drug-likeness (QED) is 0.635. The van der Waals surface area contributed by atoms with Gasteiger partial charge < -0.3 is 9.80 Å². The Balaban J connectivity index is 1.55. The number of fused-ring (bicyclic) bond motifs is 1. The molecule has 2 amide bonds. The van der Waals surface area contributed by atoms with Crippen LogP contribution in [0.15, 0.2) is 72.8 Å². The highest BCUT2D eigenvalue weighted by Gasteiger charge is 2.25. The molecule has 0 bridgehead atoms. The number of hydrogen-bond donors (Lipinski definition) is 0. The van der Waals surface area contributed by atoms with E-state index in [1.165, 1.54) is 24.3 Å². The lowest BCUT2D eigenvalue weighted by molar-refractivity contribution is 0.0785. The first kappa shape index (κ1) is 19.8. The molecule has 30 heavy (non-hydrogen) atoms. The van der Waals surface area contributed by atoms with Crippen molar-refractivity contribution in [3.63, 3.8) is 0 Å². The van der Waals surface area contributed by atoms with Gasteiger partial charge in [-0.2, -0.15) is 0 Å². The van der Waals surface area contributed by atoms with Crippen molar-refractivity contribution >= 4 is 17.5 Å². The van der Waals surface area contributed by atoms with Crippen LogP contribution in [0.5, 0.6) is 0 Å². The zero-order chi connectivity index (χ0) is 21.1. The molecule has 0 unspecified atom stereocenters. The average molecular weight is 402 g/mol. The predicted octanol–water partition coefficient (Wildman–Crippen LogP) is 4.69. The maximum Gasteiger partial charge on any atom is 0.258 e. The molecule has 0 aromatic heterocycles. The molecule has 0 fully saturated rings.